The monoisotopic (exact) mass is 343 g/mol. The summed E-state index contributed by atoms with van der Waals surface area (Å²) in [6.07, 6.45) is 9.72. The molecule has 4 aliphatic rings. The summed E-state index contributed by atoms with van der Waals surface area (Å²) in [5.74, 6) is 2.88. The fraction of sp³-hybridized carbons (Fsp3) is 0.800. The van der Waals surface area contributed by atoms with Gasteiger partial charge in [0.05, 0.1) is 11.1 Å². The second-order valence-corrected chi connectivity index (χ2v) is 8.89. The van der Waals surface area contributed by atoms with Crippen molar-refractivity contribution in [2.75, 3.05) is 26.2 Å². The van der Waals surface area contributed by atoms with Crippen LogP contribution in [-0.2, 0) is 11.3 Å². The summed E-state index contributed by atoms with van der Waals surface area (Å²) < 4.78 is 5.48. The lowest BCUT2D eigenvalue weighted by atomic mass is 9.77. The van der Waals surface area contributed by atoms with E-state index >= 15 is 0 Å². The first kappa shape index (κ1) is 15.9. The van der Waals surface area contributed by atoms with Gasteiger partial charge in [-0.2, -0.15) is 0 Å². The molecule has 1 atom stereocenters. The van der Waals surface area contributed by atoms with E-state index in [1.807, 2.05) is 0 Å². The molecule has 1 amide bonds. The summed E-state index contributed by atoms with van der Waals surface area (Å²) in [6, 6.07) is 2.13. The SMILES string of the molecule is O=C1N(CC2CCC2)CCC[C@]12CCN(Cc1cc(C3CC3)on1)C2. The van der Waals surface area contributed by atoms with Crippen molar-refractivity contribution in [2.45, 2.75) is 63.8 Å². The normalized spacial score (nSPS) is 31.0. The van der Waals surface area contributed by atoms with Crippen LogP contribution >= 0.6 is 0 Å². The number of piperidine rings is 1. The van der Waals surface area contributed by atoms with Gasteiger partial charge in [-0.15, -0.1) is 0 Å². The zero-order chi connectivity index (χ0) is 16.9. The zero-order valence-electron chi connectivity index (χ0n) is 15.1. The minimum Gasteiger partial charge on any atom is -0.361 e. The first-order valence-electron chi connectivity index (χ1n) is 10.2. The van der Waals surface area contributed by atoms with Crippen molar-refractivity contribution in [1.82, 2.24) is 15.0 Å². The highest BCUT2D eigenvalue weighted by Crippen LogP contribution is 2.42. The standard InChI is InChI=1S/C20H29N3O2/c24-19-20(7-2-9-23(19)12-15-3-1-4-15)8-10-22(14-20)13-17-11-18(25-21-17)16-5-6-16/h11,15-16H,1-10,12-14H2/t20-/m1/s1. The van der Waals surface area contributed by atoms with Gasteiger partial charge < -0.3 is 9.42 Å². The fourth-order valence-electron chi connectivity index (χ4n) is 4.98. The van der Waals surface area contributed by atoms with Gasteiger partial charge in [-0.25, -0.2) is 0 Å². The van der Waals surface area contributed by atoms with E-state index in [9.17, 15) is 4.79 Å². The molecule has 2 aliphatic heterocycles. The van der Waals surface area contributed by atoms with Gasteiger partial charge in [0.15, 0.2) is 0 Å². The van der Waals surface area contributed by atoms with Crippen LogP contribution in [0.25, 0.3) is 0 Å². The third-order valence-electron chi connectivity index (χ3n) is 6.90. The van der Waals surface area contributed by atoms with Gasteiger partial charge >= 0.3 is 0 Å². The number of carbonyl (C=O) groups is 1. The maximum Gasteiger partial charge on any atom is 0.230 e. The van der Waals surface area contributed by atoms with E-state index in [0.29, 0.717) is 11.8 Å². The van der Waals surface area contributed by atoms with Crippen LogP contribution in [-0.4, -0.2) is 47.0 Å². The lowest BCUT2D eigenvalue weighted by molar-refractivity contribution is -0.146. The number of likely N-dealkylation sites (tertiary alicyclic amines) is 2. The number of rotatable bonds is 5. The Kier molecular flexibility index (Phi) is 3.88. The Labute approximate surface area is 149 Å². The number of carbonyl (C=O) groups excluding carboxylic acids is 1. The molecule has 25 heavy (non-hydrogen) atoms. The van der Waals surface area contributed by atoms with Crippen molar-refractivity contribution in [3.8, 4) is 0 Å². The summed E-state index contributed by atoms with van der Waals surface area (Å²) >= 11 is 0. The van der Waals surface area contributed by atoms with Crippen molar-refractivity contribution in [3.63, 3.8) is 0 Å². The Balaban J connectivity index is 1.22. The van der Waals surface area contributed by atoms with Gasteiger partial charge in [0, 0.05) is 38.2 Å². The Morgan fingerprint density at radius 3 is 2.80 bits per heavy atom. The number of hydrogen-bond donors (Lipinski definition) is 0. The molecule has 1 aromatic rings. The van der Waals surface area contributed by atoms with Gasteiger partial charge in [0.25, 0.3) is 0 Å². The van der Waals surface area contributed by atoms with E-state index in [1.54, 1.807) is 0 Å². The lowest BCUT2D eigenvalue weighted by Crippen LogP contribution is -2.51. The average Bonchev–Trinajstić information content (AvgIpc) is 3.19. The molecule has 0 bridgehead atoms. The highest BCUT2D eigenvalue weighted by molar-refractivity contribution is 5.84. The van der Waals surface area contributed by atoms with Gasteiger partial charge in [-0.05, 0) is 57.4 Å². The molecule has 5 heteroatoms. The van der Waals surface area contributed by atoms with Crippen LogP contribution in [0.5, 0.6) is 0 Å². The predicted molar refractivity (Wildman–Crippen MR) is 94.0 cm³/mol. The second kappa shape index (κ2) is 6.11. The number of amides is 1. The zero-order valence-corrected chi connectivity index (χ0v) is 15.1. The van der Waals surface area contributed by atoms with E-state index < -0.39 is 0 Å². The molecule has 3 heterocycles. The van der Waals surface area contributed by atoms with Gasteiger partial charge in [-0.3, -0.25) is 9.69 Å². The van der Waals surface area contributed by atoms with E-state index in [2.05, 4.69) is 21.0 Å². The second-order valence-electron chi connectivity index (χ2n) is 8.89. The summed E-state index contributed by atoms with van der Waals surface area (Å²) in [6.45, 7) is 4.72. The third-order valence-corrected chi connectivity index (χ3v) is 6.90. The molecule has 0 N–H and O–H groups in total. The molecule has 136 valence electrons. The van der Waals surface area contributed by atoms with Crippen LogP contribution in [0.4, 0.5) is 0 Å². The fourth-order valence-corrected chi connectivity index (χ4v) is 4.98. The quantitative estimate of drug-likeness (QED) is 0.824. The largest absolute Gasteiger partial charge is 0.361 e. The molecule has 2 saturated heterocycles. The minimum absolute atomic E-state index is 0.120. The molecule has 0 unspecified atom stereocenters. The first-order valence-corrected chi connectivity index (χ1v) is 10.2. The molecule has 0 radical (unpaired) electrons. The lowest BCUT2D eigenvalue weighted by Gasteiger charge is -2.42. The van der Waals surface area contributed by atoms with Crippen LogP contribution in [0.1, 0.15) is 68.7 Å². The van der Waals surface area contributed by atoms with E-state index in [-0.39, 0.29) is 5.41 Å². The van der Waals surface area contributed by atoms with E-state index in [0.717, 1.165) is 62.9 Å². The molecule has 1 spiro atoms. The third kappa shape index (κ3) is 3.01. The Hall–Kier alpha value is -1.36. The van der Waals surface area contributed by atoms with Gasteiger partial charge in [-0.1, -0.05) is 11.6 Å². The van der Waals surface area contributed by atoms with Crippen LogP contribution in [0.2, 0.25) is 0 Å². The van der Waals surface area contributed by atoms with E-state index in [1.165, 1.54) is 38.5 Å². The molecular formula is C20H29N3O2. The Bertz CT molecular complexity index is 649. The minimum atomic E-state index is -0.120. The molecular weight excluding hydrogens is 314 g/mol. The number of nitrogens with zero attached hydrogens (tertiary/aromatic N) is 3. The maximum absolute atomic E-state index is 13.2. The molecule has 5 nitrogen and oxygen atoms in total. The number of aromatic nitrogens is 1. The van der Waals surface area contributed by atoms with Crippen LogP contribution in [0, 0.1) is 11.3 Å². The summed E-state index contributed by atoms with van der Waals surface area (Å²) in [5, 5.41) is 4.25. The van der Waals surface area contributed by atoms with Crippen molar-refractivity contribution < 1.29 is 9.32 Å². The smallest absolute Gasteiger partial charge is 0.230 e. The molecule has 2 aliphatic carbocycles. The molecule has 2 saturated carbocycles. The molecule has 0 aromatic carbocycles. The average molecular weight is 343 g/mol. The van der Waals surface area contributed by atoms with Crippen LogP contribution in [0.3, 0.4) is 0 Å². The topological polar surface area (TPSA) is 49.6 Å². The molecule has 5 rings (SSSR count). The van der Waals surface area contributed by atoms with Crippen molar-refractivity contribution in [3.05, 3.63) is 17.5 Å². The number of hydrogen-bond acceptors (Lipinski definition) is 4. The van der Waals surface area contributed by atoms with Gasteiger partial charge in [0.2, 0.25) is 5.91 Å². The summed E-state index contributed by atoms with van der Waals surface area (Å²) in [5.41, 5.74) is 0.916. The highest BCUT2D eigenvalue weighted by Gasteiger charge is 2.48. The van der Waals surface area contributed by atoms with E-state index in [4.69, 9.17) is 4.52 Å². The Morgan fingerprint density at radius 2 is 2.04 bits per heavy atom. The predicted octanol–water partition coefficient (Wildman–Crippen LogP) is 3.17. The van der Waals surface area contributed by atoms with Crippen molar-refractivity contribution >= 4 is 5.91 Å². The van der Waals surface area contributed by atoms with Crippen LogP contribution in [0.15, 0.2) is 10.6 Å². The maximum atomic E-state index is 13.2. The van der Waals surface area contributed by atoms with Crippen LogP contribution < -0.4 is 0 Å². The highest BCUT2D eigenvalue weighted by atomic mass is 16.5. The Morgan fingerprint density at radius 1 is 1.16 bits per heavy atom. The summed E-state index contributed by atoms with van der Waals surface area (Å²) in [4.78, 5) is 17.8. The van der Waals surface area contributed by atoms with Crippen molar-refractivity contribution in [2.24, 2.45) is 11.3 Å². The molecule has 1 aromatic heterocycles. The van der Waals surface area contributed by atoms with Gasteiger partial charge in [0.1, 0.15) is 5.76 Å². The van der Waals surface area contributed by atoms with Crippen molar-refractivity contribution in [1.29, 1.82) is 0 Å². The summed E-state index contributed by atoms with van der Waals surface area (Å²) in [7, 11) is 0. The molecule has 4 fully saturated rings. The first-order chi connectivity index (χ1) is 12.2.